The Balaban J connectivity index is 1.67. The first-order chi connectivity index (χ1) is 12.9. The number of para-hydroxylation sites is 1. The fourth-order valence-electron chi connectivity index (χ4n) is 4.97. The molecule has 4 atom stereocenters. The highest BCUT2D eigenvalue weighted by Crippen LogP contribution is 2.49. The number of imide groups is 1. The van der Waals surface area contributed by atoms with Crippen LogP contribution in [0.2, 0.25) is 5.02 Å². The molecule has 3 heterocycles. The predicted molar refractivity (Wildman–Crippen MR) is 99.1 cm³/mol. The average Bonchev–Trinajstić information content (AvgIpc) is 3.20. The summed E-state index contributed by atoms with van der Waals surface area (Å²) in [6.45, 7) is 1.90. The average molecular weight is 383 g/mol. The van der Waals surface area contributed by atoms with E-state index < -0.39 is 17.4 Å². The summed E-state index contributed by atoms with van der Waals surface area (Å²) in [5.74, 6) is -2.17. The summed E-state index contributed by atoms with van der Waals surface area (Å²) in [5, 5.41) is 5.22. The Labute approximate surface area is 160 Å². The topological polar surface area (TPSA) is 83.1 Å². The number of hydrogen-bond donors (Lipinski definition) is 2. The highest BCUT2D eigenvalue weighted by atomic mass is 35.5. The molecule has 5 rings (SSSR count). The largest absolute Gasteiger partial charge is 0.326 e. The Morgan fingerprint density at radius 3 is 2.63 bits per heavy atom. The van der Waals surface area contributed by atoms with Crippen LogP contribution in [0.5, 0.6) is 0 Å². The molecule has 136 valence electrons. The maximum absolute atomic E-state index is 13.4. The molecule has 0 saturated carbocycles. The van der Waals surface area contributed by atoms with E-state index in [1.807, 2.05) is 36.5 Å². The lowest BCUT2D eigenvalue weighted by Gasteiger charge is -2.25. The number of benzene rings is 2. The molecule has 7 heteroatoms. The Bertz CT molecular complexity index is 1020. The van der Waals surface area contributed by atoms with Gasteiger partial charge in [0.25, 0.3) is 5.91 Å². The Morgan fingerprint density at radius 1 is 1.07 bits per heavy atom. The molecule has 2 aromatic rings. The molecule has 2 saturated heterocycles. The Morgan fingerprint density at radius 2 is 1.85 bits per heavy atom. The van der Waals surface area contributed by atoms with Gasteiger partial charge < -0.3 is 10.6 Å². The first-order valence-electron chi connectivity index (χ1n) is 8.85. The molecule has 3 aliphatic heterocycles. The minimum Gasteiger partial charge on any atom is -0.326 e. The quantitative estimate of drug-likeness (QED) is 0.728. The van der Waals surface area contributed by atoms with E-state index in [1.165, 1.54) is 4.90 Å². The lowest BCUT2D eigenvalue weighted by atomic mass is 9.76. The number of carbonyl (C=O) groups excluding carboxylic acids is 3. The number of amides is 3. The van der Waals surface area contributed by atoms with Gasteiger partial charge in [-0.3, -0.25) is 14.4 Å². The molecule has 0 unspecified atom stereocenters. The number of nitrogens with two attached hydrogens (primary N) is 1. The van der Waals surface area contributed by atoms with Crippen molar-refractivity contribution in [1.29, 1.82) is 0 Å². The van der Waals surface area contributed by atoms with Crippen molar-refractivity contribution in [2.75, 3.05) is 10.2 Å². The minimum atomic E-state index is -1.11. The van der Waals surface area contributed by atoms with Crippen molar-refractivity contribution in [1.82, 2.24) is 0 Å². The van der Waals surface area contributed by atoms with E-state index in [0.29, 0.717) is 16.4 Å². The second-order valence-electron chi connectivity index (χ2n) is 7.39. The molecule has 2 aromatic carbocycles. The van der Waals surface area contributed by atoms with Gasteiger partial charge in [-0.1, -0.05) is 35.9 Å². The van der Waals surface area contributed by atoms with E-state index in [-0.39, 0.29) is 23.8 Å². The van der Waals surface area contributed by atoms with Crippen LogP contribution in [0.3, 0.4) is 0 Å². The van der Waals surface area contributed by atoms with Crippen LogP contribution in [-0.4, -0.2) is 23.8 Å². The maximum atomic E-state index is 13.4. The number of quaternary nitrogens is 1. The molecule has 3 amide bonds. The van der Waals surface area contributed by atoms with Crippen molar-refractivity contribution in [3.05, 3.63) is 59.1 Å². The third-order valence-corrected chi connectivity index (χ3v) is 6.23. The zero-order chi connectivity index (χ0) is 18.9. The van der Waals surface area contributed by atoms with E-state index in [4.69, 9.17) is 11.6 Å². The lowest BCUT2D eigenvalue weighted by molar-refractivity contribution is -0.730. The van der Waals surface area contributed by atoms with Crippen molar-refractivity contribution in [2.45, 2.75) is 18.5 Å². The number of halogens is 1. The molecule has 3 aliphatic rings. The fraction of sp³-hybridized carbons (Fsp3) is 0.250. The van der Waals surface area contributed by atoms with Crippen molar-refractivity contribution in [3.8, 4) is 0 Å². The third-order valence-electron chi connectivity index (χ3n) is 6.00. The predicted octanol–water partition coefficient (Wildman–Crippen LogP) is 1.26. The number of rotatable bonds is 1. The summed E-state index contributed by atoms with van der Waals surface area (Å²) in [4.78, 5) is 40.9. The molecule has 6 nitrogen and oxygen atoms in total. The van der Waals surface area contributed by atoms with Gasteiger partial charge in [0.2, 0.25) is 17.4 Å². The smallest absolute Gasteiger partial charge is 0.291 e. The van der Waals surface area contributed by atoms with Crippen LogP contribution < -0.4 is 15.5 Å². The van der Waals surface area contributed by atoms with Crippen LogP contribution in [0.15, 0.2) is 48.5 Å². The Hall–Kier alpha value is -2.70. The standard InChI is InChI=1S/C20H16ClN3O3/c1-10-15-16(18(26)24(17(15)25)12-6-4-5-11(21)9-12)20(23-10)13-7-2-3-8-14(13)22-19(20)27/h2-10,15-16,23H,1H3,(H,22,27)/p+1/t10-,15-,16-,20-/m1/s1. The van der Waals surface area contributed by atoms with Crippen LogP contribution in [0.1, 0.15) is 12.5 Å². The van der Waals surface area contributed by atoms with Gasteiger partial charge in [-0.2, -0.15) is 0 Å². The van der Waals surface area contributed by atoms with Crippen molar-refractivity contribution in [3.63, 3.8) is 0 Å². The maximum Gasteiger partial charge on any atom is 0.291 e. The molecule has 3 N–H and O–H groups in total. The number of hydrogen-bond acceptors (Lipinski definition) is 3. The summed E-state index contributed by atoms with van der Waals surface area (Å²) in [6, 6.07) is 13.9. The number of anilines is 2. The van der Waals surface area contributed by atoms with E-state index >= 15 is 0 Å². The monoisotopic (exact) mass is 382 g/mol. The zero-order valence-corrected chi connectivity index (χ0v) is 15.2. The summed E-state index contributed by atoms with van der Waals surface area (Å²) in [5.41, 5.74) is 0.804. The van der Waals surface area contributed by atoms with Crippen LogP contribution in [-0.2, 0) is 19.9 Å². The number of nitrogens with zero attached hydrogens (tertiary/aromatic N) is 1. The van der Waals surface area contributed by atoms with Gasteiger partial charge in [-0.25, -0.2) is 4.90 Å². The number of nitrogens with one attached hydrogen (secondary N) is 1. The molecule has 0 radical (unpaired) electrons. The second-order valence-corrected chi connectivity index (χ2v) is 7.83. The van der Waals surface area contributed by atoms with E-state index in [9.17, 15) is 14.4 Å². The summed E-state index contributed by atoms with van der Waals surface area (Å²) < 4.78 is 0. The van der Waals surface area contributed by atoms with Crippen LogP contribution in [0.25, 0.3) is 0 Å². The lowest BCUT2D eigenvalue weighted by Crippen LogP contribution is -2.98. The Kier molecular flexibility index (Phi) is 3.30. The van der Waals surface area contributed by atoms with Gasteiger partial charge in [-0.05, 0) is 31.2 Å². The molecule has 0 bridgehead atoms. The molecule has 0 aliphatic carbocycles. The molecule has 0 aromatic heterocycles. The van der Waals surface area contributed by atoms with Gasteiger partial charge in [0, 0.05) is 10.6 Å². The fourth-order valence-corrected chi connectivity index (χ4v) is 5.15. The SMILES string of the molecule is C[C@H]1[NH2+][C@@]2(C(=O)Nc3ccccc32)[C@H]2C(=O)N(c3cccc(Cl)c3)C(=O)[C@H]12. The first kappa shape index (κ1) is 16.5. The molecule has 2 fully saturated rings. The molecular formula is C20H17ClN3O3+. The van der Waals surface area contributed by atoms with Crippen LogP contribution in [0.4, 0.5) is 11.4 Å². The molecule has 27 heavy (non-hydrogen) atoms. The molecule has 1 spiro atoms. The summed E-state index contributed by atoms with van der Waals surface area (Å²) in [6.07, 6.45) is 0. The third kappa shape index (κ3) is 1.97. The van der Waals surface area contributed by atoms with Crippen molar-refractivity contribution < 1.29 is 19.7 Å². The number of fused-ring (bicyclic) bond motifs is 4. The second kappa shape index (κ2) is 5.41. The first-order valence-corrected chi connectivity index (χ1v) is 9.23. The number of carbonyl (C=O) groups is 3. The zero-order valence-electron chi connectivity index (χ0n) is 14.5. The van der Waals surface area contributed by atoms with E-state index in [2.05, 4.69) is 5.32 Å². The molecular weight excluding hydrogens is 366 g/mol. The van der Waals surface area contributed by atoms with Gasteiger partial charge in [0.1, 0.15) is 11.8 Å². The van der Waals surface area contributed by atoms with E-state index in [0.717, 1.165) is 5.56 Å². The summed E-state index contributed by atoms with van der Waals surface area (Å²) in [7, 11) is 0. The minimum absolute atomic E-state index is 0.201. The van der Waals surface area contributed by atoms with Crippen LogP contribution >= 0.6 is 11.6 Å². The van der Waals surface area contributed by atoms with Gasteiger partial charge in [-0.15, -0.1) is 0 Å². The van der Waals surface area contributed by atoms with Gasteiger partial charge >= 0.3 is 0 Å². The highest BCUT2D eigenvalue weighted by Gasteiger charge is 2.73. The van der Waals surface area contributed by atoms with Gasteiger partial charge in [0.05, 0.1) is 17.4 Å². The normalized spacial score (nSPS) is 31.4. The van der Waals surface area contributed by atoms with E-state index in [1.54, 1.807) is 24.3 Å². The van der Waals surface area contributed by atoms with Gasteiger partial charge in [0.15, 0.2) is 0 Å². The van der Waals surface area contributed by atoms with Crippen molar-refractivity contribution in [2.24, 2.45) is 11.8 Å². The van der Waals surface area contributed by atoms with Crippen LogP contribution in [0, 0.1) is 11.8 Å². The highest BCUT2D eigenvalue weighted by molar-refractivity contribution is 6.31. The van der Waals surface area contributed by atoms with Crippen molar-refractivity contribution >= 4 is 40.7 Å². The summed E-state index contributed by atoms with van der Waals surface area (Å²) >= 11 is 6.06.